The quantitative estimate of drug-likeness (QED) is 0.224. The zero-order valence-electron chi connectivity index (χ0n) is 19.1. The van der Waals surface area contributed by atoms with E-state index < -0.39 is 71.4 Å². The average Bonchev–Trinajstić information content (AvgIpc) is 2.98. The second-order valence-corrected chi connectivity index (χ2v) is 8.43. The number of guanidine groups is 1. The lowest BCUT2D eigenvalue weighted by atomic mass is 9.61. The van der Waals surface area contributed by atoms with Gasteiger partial charge in [-0.15, -0.1) is 0 Å². The number of methoxy groups -OCH3 is 1. The van der Waals surface area contributed by atoms with E-state index in [2.05, 4.69) is 15.6 Å². The monoisotopic (exact) mass is 469 g/mol. The molecule has 13 nitrogen and oxygen atoms in total. The minimum Gasteiger partial charge on any atom is -0.456 e. The highest BCUT2D eigenvalue weighted by Gasteiger charge is 2.77. The Bertz CT molecular complexity index is 902. The van der Waals surface area contributed by atoms with Crippen LogP contribution in [0.15, 0.2) is 4.99 Å². The molecule has 2 amide bonds. The first kappa shape index (κ1) is 24.6. The van der Waals surface area contributed by atoms with Gasteiger partial charge in [-0.3, -0.25) is 29.8 Å². The van der Waals surface area contributed by atoms with Crippen molar-refractivity contribution in [2.45, 2.75) is 76.8 Å². The fourth-order valence-electron chi connectivity index (χ4n) is 4.91. The van der Waals surface area contributed by atoms with Crippen molar-refractivity contribution in [1.29, 1.82) is 0 Å². The number of hydrogen-bond donors (Lipinski definition) is 2. The first-order chi connectivity index (χ1) is 15.3. The summed E-state index contributed by atoms with van der Waals surface area (Å²) in [5, 5.41) is 4.81. The fourth-order valence-corrected chi connectivity index (χ4v) is 4.91. The van der Waals surface area contributed by atoms with Gasteiger partial charge in [0.25, 0.3) is 0 Å². The minimum absolute atomic E-state index is 0.0498. The standard InChI is InChI=1S/C20H27N3O10/c1-8(24)21-18(22-9(2)25)23-20-12-7-19(5,33-11(4)27)13(14(20)30-10(3)26)31-16(28)15(20)32-17(12)29-6/h12-15,17H,7H2,1-6H3,(H2,21,22,23,24,25)/t12-,13+,14+,15-,17-,19+,20-/m1/s1. The summed E-state index contributed by atoms with van der Waals surface area (Å²) < 4.78 is 28.0. The van der Waals surface area contributed by atoms with E-state index in [9.17, 15) is 24.0 Å². The van der Waals surface area contributed by atoms with Crippen molar-refractivity contribution in [2.24, 2.45) is 10.9 Å². The summed E-state index contributed by atoms with van der Waals surface area (Å²) in [6.45, 7) is 6.32. The SMILES string of the molecule is CO[C@@H]1O[C@@H]2C(=O)O[C@H]3[C@H](OC(C)=O)[C@]2(N=C(NC(C)=O)NC(C)=O)[C@@H]1C[C@]3(C)OC(C)=O. The number of nitrogens with one attached hydrogen (secondary N) is 2. The number of esters is 3. The predicted molar refractivity (Wildman–Crippen MR) is 107 cm³/mol. The lowest BCUT2D eigenvalue weighted by Crippen LogP contribution is -2.75. The van der Waals surface area contributed by atoms with Crippen LogP contribution in [0.1, 0.15) is 41.0 Å². The van der Waals surface area contributed by atoms with Gasteiger partial charge in [0.15, 0.2) is 30.2 Å². The van der Waals surface area contributed by atoms with E-state index in [4.69, 9.17) is 23.7 Å². The van der Waals surface area contributed by atoms with Gasteiger partial charge < -0.3 is 23.7 Å². The highest BCUT2D eigenvalue weighted by Crippen LogP contribution is 2.57. The number of rotatable bonds is 4. The molecule has 2 heterocycles. The van der Waals surface area contributed by atoms with Crippen LogP contribution in [0, 0.1) is 5.92 Å². The molecule has 33 heavy (non-hydrogen) atoms. The van der Waals surface area contributed by atoms with Crippen molar-refractivity contribution in [3.63, 3.8) is 0 Å². The number of fused-ring (bicyclic) bond motifs is 1. The van der Waals surface area contributed by atoms with Crippen molar-refractivity contribution in [1.82, 2.24) is 10.6 Å². The first-order valence-electron chi connectivity index (χ1n) is 10.2. The zero-order chi connectivity index (χ0) is 24.7. The Kier molecular flexibility index (Phi) is 6.48. The summed E-state index contributed by atoms with van der Waals surface area (Å²) >= 11 is 0. The molecule has 2 saturated heterocycles. The van der Waals surface area contributed by atoms with Crippen LogP contribution in [0.25, 0.3) is 0 Å². The van der Waals surface area contributed by atoms with Gasteiger partial charge in [-0.1, -0.05) is 0 Å². The van der Waals surface area contributed by atoms with E-state index in [1.165, 1.54) is 27.9 Å². The maximum absolute atomic E-state index is 13.0. The van der Waals surface area contributed by atoms with Crippen molar-refractivity contribution >= 4 is 35.7 Å². The molecule has 0 aromatic heterocycles. The van der Waals surface area contributed by atoms with E-state index in [-0.39, 0.29) is 12.4 Å². The second kappa shape index (κ2) is 8.71. The third-order valence-electron chi connectivity index (χ3n) is 5.82. The molecule has 2 N–H and O–H groups in total. The lowest BCUT2D eigenvalue weighted by Gasteiger charge is -2.55. The maximum Gasteiger partial charge on any atom is 0.338 e. The fraction of sp³-hybridized carbons (Fsp3) is 0.700. The van der Waals surface area contributed by atoms with Crippen LogP contribution in [0.5, 0.6) is 0 Å². The number of carbonyl (C=O) groups is 5. The molecular weight excluding hydrogens is 442 g/mol. The molecule has 0 aromatic rings. The van der Waals surface area contributed by atoms with Crippen molar-refractivity contribution in [3.8, 4) is 0 Å². The van der Waals surface area contributed by atoms with Crippen LogP contribution in [0.2, 0.25) is 0 Å². The molecule has 0 aromatic carbocycles. The molecule has 1 aliphatic carbocycles. The largest absolute Gasteiger partial charge is 0.456 e. The van der Waals surface area contributed by atoms with E-state index >= 15 is 0 Å². The molecule has 0 spiro atoms. The van der Waals surface area contributed by atoms with Crippen molar-refractivity contribution in [2.75, 3.05) is 7.11 Å². The van der Waals surface area contributed by atoms with Gasteiger partial charge in [-0.2, -0.15) is 0 Å². The molecule has 2 bridgehead atoms. The molecule has 182 valence electrons. The lowest BCUT2D eigenvalue weighted by molar-refractivity contribution is -0.248. The van der Waals surface area contributed by atoms with E-state index in [1.54, 1.807) is 6.92 Å². The van der Waals surface area contributed by atoms with Crippen LogP contribution >= 0.6 is 0 Å². The van der Waals surface area contributed by atoms with Crippen molar-refractivity contribution < 1.29 is 47.7 Å². The highest BCUT2D eigenvalue weighted by atomic mass is 16.7. The third-order valence-corrected chi connectivity index (χ3v) is 5.82. The number of ether oxygens (including phenoxy) is 5. The van der Waals surface area contributed by atoms with Crippen LogP contribution in [0.4, 0.5) is 0 Å². The topological polar surface area (TPSA) is 168 Å². The molecular formula is C20H27N3O10. The average molecular weight is 469 g/mol. The van der Waals surface area contributed by atoms with Gasteiger partial charge in [-0.05, 0) is 6.92 Å². The number of hydrogen-bond acceptors (Lipinski definition) is 11. The molecule has 1 saturated carbocycles. The Balaban J connectivity index is 2.27. The molecule has 0 unspecified atom stereocenters. The minimum atomic E-state index is -1.66. The number of aliphatic imine (C=N–C) groups is 1. The molecule has 13 heteroatoms. The summed E-state index contributed by atoms with van der Waals surface area (Å²) in [7, 11) is 1.35. The Labute approximate surface area is 189 Å². The molecule has 3 aliphatic rings. The first-order valence-corrected chi connectivity index (χ1v) is 10.2. The normalized spacial score (nSPS) is 36.2. The summed E-state index contributed by atoms with van der Waals surface area (Å²) in [5.74, 6) is -4.37. The predicted octanol–water partition coefficient (Wildman–Crippen LogP) is -1.08. The molecule has 2 aliphatic heterocycles. The van der Waals surface area contributed by atoms with Gasteiger partial charge in [0.05, 0.1) is 0 Å². The zero-order valence-corrected chi connectivity index (χ0v) is 19.1. The Morgan fingerprint density at radius 3 is 2.15 bits per heavy atom. The Morgan fingerprint density at radius 2 is 1.67 bits per heavy atom. The van der Waals surface area contributed by atoms with E-state index in [0.29, 0.717) is 0 Å². The summed E-state index contributed by atoms with van der Waals surface area (Å²) in [5.41, 5.74) is -3.07. The molecule has 3 rings (SSSR count). The number of amides is 2. The second-order valence-electron chi connectivity index (χ2n) is 8.43. The Morgan fingerprint density at radius 1 is 1.06 bits per heavy atom. The summed E-state index contributed by atoms with van der Waals surface area (Å²) in [6, 6.07) is 0. The highest BCUT2D eigenvalue weighted by molar-refractivity contribution is 6.03. The third kappa shape index (κ3) is 4.29. The Hall–Kier alpha value is -3.06. The molecule has 3 fully saturated rings. The van der Waals surface area contributed by atoms with Crippen LogP contribution in [0.3, 0.4) is 0 Å². The number of carbonyl (C=O) groups excluding carboxylic acids is 5. The maximum atomic E-state index is 13.0. The summed E-state index contributed by atoms with van der Waals surface area (Å²) in [6.07, 6.45) is -4.92. The molecule has 7 atom stereocenters. The van der Waals surface area contributed by atoms with Gasteiger partial charge in [0.2, 0.25) is 17.8 Å². The van der Waals surface area contributed by atoms with Crippen LogP contribution < -0.4 is 10.6 Å². The molecule has 0 radical (unpaired) electrons. The van der Waals surface area contributed by atoms with Gasteiger partial charge in [0, 0.05) is 47.1 Å². The van der Waals surface area contributed by atoms with E-state index in [0.717, 1.165) is 6.92 Å². The van der Waals surface area contributed by atoms with E-state index in [1.807, 2.05) is 0 Å². The van der Waals surface area contributed by atoms with Gasteiger partial charge in [0.1, 0.15) is 5.54 Å². The van der Waals surface area contributed by atoms with Crippen LogP contribution in [-0.4, -0.2) is 78.5 Å². The van der Waals surface area contributed by atoms with Crippen LogP contribution in [-0.2, 0) is 47.7 Å². The van der Waals surface area contributed by atoms with Crippen molar-refractivity contribution in [3.05, 3.63) is 0 Å². The van der Waals surface area contributed by atoms with Gasteiger partial charge >= 0.3 is 17.9 Å². The van der Waals surface area contributed by atoms with Gasteiger partial charge in [-0.25, -0.2) is 9.79 Å². The smallest absolute Gasteiger partial charge is 0.338 e. The number of nitrogens with zero attached hydrogens (tertiary/aromatic N) is 1. The summed E-state index contributed by atoms with van der Waals surface area (Å²) in [4.78, 5) is 65.1.